The molecule has 0 N–H and O–H groups in total. The Labute approximate surface area is 184 Å². The van der Waals surface area contributed by atoms with Crippen molar-refractivity contribution in [2.24, 2.45) is 0 Å². The fraction of sp³-hybridized carbons (Fsp3) is 0.542. The van der Waals surface area contributed by atoms with Crippen molar-refractivity contribution in [1.29, 1.82) is 0 Å². The van der Waals surface area contributed by atoms with Crippen LogP contribution in [0.5, 0.6) is 0 Å². The molecule has 1 amide bonds. The summed E-state index contributed by atoms with van der Waals surface area (Å²) in [6.07, 6.45) is 2.23. The van der Waals surface area contributed by atoms with Crippen molar-refractivity contribution in [1.82, 2.24) is 19.6 Å². The van der Waals surface area contributed by atoms with Crippen LogP contribution in [0.2, 0.25) is 0 Å². The molecule has 7 nitrogen and oxygen atoms in total. The minimum absolute atomic E-state index is 0.0683. The van der Waals surface area contributed by atoms with Gasteiger partial charge in [-0.25, -0.2) is 4.68 Å². The monoisotopic (exact) mass is 424 g/mol. The number of ether oxygens (including phenoxy) is 1. The zero-order valence-corrected chi connectivity index (χ0v) is 18.9. The fourth-order valence-corrected chi connectivity index (χ4v) is 5.05. The lowest BCUT2D eigenvalue weighted by atomic mass is 10.1. The van der Waals surface area contributed by atoms with Crippen LogP contribution in [0.3, 0.4) is 0 Å². The van der Waals surface area contributed by atoms with E-state index in [-0.39, 0.29) is 18.2 Å². The van der Waals surface area contributed by atoms with Crippen LogP contribution in [-0.4, -0.2) is 75.7 Å². The van der Waals surface area contributed by atoms with Gasteiger partial charge in [-0.2, -0.15) is 5.10 Å². The number of likely N-dealkylation sites (tertiary alicyclic amines) is 1. The molecule has 0 bridgehead atoms. The van der Waals surface area contributed by atoms with Crippen molar-refractivity contribution in [3.05, 3.63) is 47.3 Å². The van der Waals surface area contributed by atoms with Gasteiger partial charge in [0.15, 0.2) is 0 Å². The number of morpholine rings is 1. The molecule has 0 radical (unpaired) electrons. The van der Waals surface area contributed by atoms with Gasteiger partial charge >= 0.3 is 0 Å². The molecule has 2 aromatic rings. The van der Waals surface area contributed by atoms with Crippen molar-refractivity contribution < 1.29 is 14.3 Å². The SMILES string of the molecule is Cc1nn(-c2ccccc2)c(C)c1C(=O)C(=O)N1CCC[C@@H]1CN1C[C@@H](C)O[C@@H](C)C1. The normalized spacial score (nSPS) is 24.5. The van der Waals surface area contributed by atoms with Gasteiger partial charge in [0.1, 0.15) is 0 Å². The predicted octanol–water partition coefficient (Wildman–Crippen LogP) is 2.77. The van der Waals surface area contributed by atoms with E-state index in [0.717, 1.165) is 38.2 Å². The molecule has 4 rings (SSSR count). The summed E-state index contributed by atoms with van der Waals surface area (Å²) >= 11 is 0. The highest BCUT2D eigenvalue weighted by Gasteiger charge is 2.37. The Morgan fingerprint density at radius 3 is 2.45 bits per heavy atom. The van der Waals surface area contributed by atoms with E-state index in [4.69, 9.17) is 4.74 Å². The maximum absolute atomic E-state index is 13.3. The third-order valence-corrected chi connectivity index (χ3v) is 6.32. The van der Waals surface area contributed by atoms with Crippen LogP contribution in [-0.2, 0) is 9.53 Å². The van der Waals surface area contributed by atoms with Crippen molar-refractivity contribution in [2.45, 2.75) is 58.8 Å². The van der Waals surface area contributed by atoms with Gasteiger partial charge in [-0.05, 0) is 52.7 Å². The van der Waals surface area contributed by atoms with Crippen LogP contribution in [0, 0.1) is 13.8 Å². The number of hydrogen-bond donors (Lipinski definition) is 0. The molecule has 0 spiro atoms. The Balaban J connectivity index is 1.51. The summed E-state index contributed by atoms with van der Waals surface area (Å²) in [5, 5.41) is 4.54. The Morgan fingerprint density at radius 1 is 1.10 bits per heavy atom. The molecule has 3 atom stereocenters. The van der Waals surface area contributed by atoms with Crippen LogP contribution < -0.4 is 0 Å². The second-order valence-corrected chi connectivity index (χ2v) is 8.89. The third-order valence-electron chi connectivity index (χ3n) is 6.32. The second-order valence-electron chi connectivity index (χ2n) is 8.89. The average Bonchev–Trinajstić information content (AvgIpc) is 3.30. The van der Waals surface area contributed by atoms with E-state index in [2.05, 4.69) is 23.8 Å². The Hall–Kier alpha value is -2.51. The first kappa shape index (κ1) is 21.7. The minimum atomic E-state index is -0.451. The minimum Gasteiger partial charge on any atom is -0.373 e. The number of para-hydroxylation sites is 1. The van der Waals surface area contributed by atoms with Gasteiger partial charge in [0, 0.05) is 32.2 Å². The number of hydrogen-bond acceptors (Lipinski definition) is 5. The number of benzene rings is 1. The number of amides is 1. The molecule has 0 unspecified atom stereocenters. The molecular weight excluding hydrogens is 392 g/mol. The van der Waals surface area contributed by atoms with E-state index in [1.807, 2.05) is 37.3 Å². The maximum atomic E-state index is 13.3. The number of ketones is 1. The van der Waals surface area contributed by atoms with E-state index in [0.29, 0.717) is 23.5 Å². The van der Waals surface area contributed by atoms with E-state index >= 15 is 0 Å². The maximum Gasteiger partial charge on any atom is 0.295 e. The molecule has 3 heterocycles. The highest BCUT2D eigenvalue weighted by molar-refractivity contribution is 6.43. The number of aromatic nitrogens is 2. The smallest absolute Gasteiger partial charge is 0.295 e. The molecule has 0 saturated carbocycles. The fourth-order valence-electron chi connectivity index (χ4n) is 5.05. The summed E-state index contributed by atoms with van der Waals surface area (Å²) in [7, 11) is 0. The highest BCUT2D eigenvalue weighted by Crippen LogP contribution is 2.24. The first-order valence-electron chi connectivity index (χ1n) is 11.2. The van der Waals surface area contributed by atoms with Gasteiger partial charge in [0.2, 0.25) is 0 Å². The number of nitrogens with zero attached hydrogens (tertiary/aromatic N) is 4. The lowest BCUT2D eigenvalue weighted by molar-refractivity contribution is -0.128. The molecule has 7 heteroatoms. The third kappa shape index (κ3) is 4.43. The van der Waals surface area contributed by atoms with Gasteiger partial charge in [-0.1, -0.05) is 18.2 Å². The molecule has 31 heavy (non-hydrogen) atoms. The van der Waals surface area contributed by atoms with E-state index in [1.165, 1.54) is 0 Å². The zero-order chi connectivity index (χ0) is 22.1. The highest BCUT2D eigenvalue weighted by atomic mass is 16.5. The number of Topliss-reactive ketones (excluding diaryl/α,β-unsaturated/α-hetero) is 1. The van der Waals surface area contributed by atoms with Crippen molar-refractivity contribution >= 4 is 11.7 Å². The summed E-state index contributed by atoms with van der Waals surface area (Å²) < 4.78 is 7.57. The van der Waals surface area contributed by atoms with Crippen molar-refractivity contribution in [2.75, 3.05) is 26.2 Å². The van der Waals surface area contributed by atoms with Crippen LogP contribution >= 0.6 is 0 Å². The number of rotatable bonds is 5. The Morgan fingerprint density at radius 2 is 1.77 bits per heavy atom. The average molecular weight is 425 g/mol. The van der Waals surface area contributed by atoms with Crippen LogP contribution in [0.4, 0.5) is 0 Å². The second kappa shape index (κ2) is 8.93. The van der Waals surface area contributed by atoms with Gasteiger partial charge in [-0.15, -0.1) is 0 Å². The first-order valence-corrected chi connectivity index (χ1v) is 11.2. The summed E-state index contributed by atoms with van der Waals surface area (Å²) in [6.45, 7) is 11.0. The van der Waals surface area contributed by atoms with Crippen LogP contribution in [0.15, 0.2) is 30.3 Å². The van der Waals surface area contributed by atoms with Crippen LogP contribution in [0.1, 0.15) is 48.4 Å². The lowest BCUT2D eigenvalue weighted by Gasteiger charge is -2.38. The van der Waals surface area contributed by atoms with Gasteiger partial charge < -0.3 is 9.64 Å². The largest absolute Gasteiger partial charge is 0.373 e. The van der Waals surface area contributed by atoms with Gasteiger partial charge in [-0.3, -0.25) is 14.5 Å². The molecule has 2 saturated heterocycles. The van der Waals surface area contributed by atoms with E-state index in [1.54, 1.807) is 16.5 Å². The summed E-state index contributed by atoms with van der Waals surface area (Å²) in [6, 6.07) is 9.75. The van der Waals surface area contributed by atoms with Crippen molar-refractivity contribution in [3.8, 4) is 5.69 Å². The summed E-state index contributed by atoms with van der Waals surface area (Å²) in [5.41, 5.74) is 2.59. The molecule has 1 aromatic carbocycles. The quantitative estimate of drug-likeness (QED) is 0.545. The van der Waals surface area contributed by atoms with Crippen LogP contribution in [0.25, 0.3) is 5.69 Å². The molecule has 2 fully saturated rings. The zero-order valence-electron chi connectivity index (χ0n) is 18.9. The molecule has 166 valence electrons. The van der Waals surface area contributed by atoms with Gasteiger partial charge in [0.05, 0.1) is 34.8 Å². The summed E-state index contributed by atoms with van der Waals surface area (Å²) in [4.78, 5) is 30.7. The molecule has 2 aliphatic heterocycles. The summed E-state index contributed by atoms with van der Waals surface area (Å²) in [5.74, 6) is -0.858. The standard InChI is InChI=1S/C24H32N4O3/c1-16-13-26(14-17(2)31-16)15-21-11-8-12-27(21)24(30)23(29)22-18(3)25-28(19(22)4)20-9-6-5-7-10-20/h5-7,9-10,16-17,21H,8,11-15H2,1-4H3/t16-,17+,21-/m1/s1. The number of aryl methyl sites for hydroxylation is 1. The predicted molar refractivity (Wildman–Crippen MR) is 119 cm³/mol. The number of carbonyl (C=O) groups is 2. The first-order chi connectivity index (χ1) is 14.8. The molecule has 2 aliphatic rings. The lowest BCUT2D eigenvalue weighted by Crippen LogP contribution is -2.51. The molecule has 0 aliphatic carbocycles. The molecule has 1 aromatic heterocycles. The van der Waals surface area contributed by atoms with Crippen molar-refractivity contribution in [3.63, 3.8) is 0 Å². The van der Waals surface area contributed by atoms with Gasteiger partial charge in [0.25, 0.3) is 11.7 Å². The molecular formula is C24H32N4O3. The number of carbonyl (C=O) groups excluding carboxylic acids is 2. The van der Waals surface area contributed by atoms with E-state index < -0.39 is 11.7 Å². The Bertz CT molecular complexity index is 945. The topological polar surface area (TPSA) is 67.7 Å². The Kier molecular flexibility index (Phi) is 6.25. The van der Waals surface area contributed by atoms with E-state index in [9.17, 15) is 9.59 Å².